The quantitative estimate of drug-likeness (QED) is 0.493. The van der Waals surface area contributed by atoms with Crippen molar-refractivity contribution < 1.29 is 9.53 Å². The normalized spacial score (nSPS) is 16.5. The predicted molar refractivity (Wildman–Crippen MR) is 128 cm³/mol. The minimum Gasteiger partial charge on any atom is -0.493 e. The first-order valence-corrected chi connectivity index (χ1v) is 12.2. The second-order valence-electron chi connectivity index (χ2n) is 8.81. The van der Waals surface area contributed by atoms with Gasteiger partial charge in [-0.25, -0.2) is 0 Å². The monoisotopic (exact) mass is 452 g/mol. The van der Waals surface area contributed by atoms with E-state index in [2.05, 4.69) is 46.8 Å². The number of nitrogens with zero attached hydrogens (tertiary/aromatic N) is 4. The van der Waals surface area contributed by atoms with E-state index in [0.717, 1.165) is 50.3 Å². The first-order valence-electron chi connectivity index (χ1n) is 11.2. The van der Waals surface area contributed by atoms with Crippen molar-refractivity contribution in [2.75, 3.05) is 26.7 Å². The Kier molecular flexibility index (Phi) is 7.60. The first-order chi connectivity index (χ1) is 15.5. The lowest BCUT2D eigenvalue weighted by molar-refractivity contribution is -0.132. The molecule has 170 valence electrons. The Balaban J connectivity index is 1.25. The van der Waals surface area contributed by atoms with Crippen LogP contribution in [-0.2, 0) is 31.4 Å². The third-order valence-electron chi connectivity index (χ3n) is 5.85. The van der Waals surface area contributed by atoms with E-state index in [1.54, 1.807) is 11.3 Å². The summed E-state index contributed by atoms with van der Waals surface area (Å²) in [5, 5.41) is 8.33. The lowest BCUT2D eigenvalue weighted by atomic mass is 9.98. The molecular formula is C25H32N4O2S. The molecule has 0 unspecified atom stereocenters. The van der Waals surface area contributed by atoms with Crippen molar-refractivity contribution in [1.29, 1.82) is 0 Å². The number of carbonyl (C=O) groups excluding carboxylic acids is 1. The summed E-state index contributed by atoms with van der Waals surface area (Å²) in [5.74, 6) is 1.51. The van der Waals surface area contributed by atoms with Gasteiger partial charge in [0.25, 0.3) is 0 Å². The van der Waals surface area contributed by atoms with Gasteiger partial charge in [0.15, 0.2) is 0 Å². The van der Waals surface area contributed by atoms with Crippen LogP contribution in [0.3, 0.4) is 0 Å². The number of thiophene rings is 1. The fourth-order valence-electron chi connectivity index (χ4n) is 4.29. The number of hydrogen-bond donors (Lipinski definition) is 0. The Morgan fingerprint density at radius 3 is 2.91 bits per heavy atom. The Labute approximate surface area is 194 Å². The van der Waals surface area contributed by atoms with Crippen LogP contribution in [0.1, 0.15) is 29.5 Å². The van der Waals surface area contributed by atoms with E-state index in [1.807, 2.05) is 40.3 Å². The number of ether oxygens (including phenoxy) is 1. The number of rotatable bonds is 9. The summed E-state index contributed by atoms with van der Waals surface area (Å²) in [6.07, 6.45) is 6.62. The molecule has 0 radical (unpaired) electrons. The number of aromatic nitrogens is 2. The minimum atomic E-state index is 0.228. The Morgan fingerprint density at radius 1 is 1.25 bits per heavy atom. The highest BCUT2D eigenvalue weighted by Gasteiger charge is 2.24. The van der Waals surface area contributed by atoms with Crippen LogP contribution < -0.4 is 4.74 Å². The molecule has 7 heteroatoms. The molecule has 0 N–H and O–H groups in total. The molecule has 2 aromatic heterocycles. The minimum absolute atomic E-state index is 0.228. The van der Waals surface area contributed by atoms with E-state index in [9.17, 15) is 4.79 Å². The van der Waals surface area contributed by atoms with Crippen LogP contribution in [0.2, 0.25) is 0 Å². The molecule has 32 heavy (non-hydrogen) atoms. The average molecular weight is 453 g/mol. The van der Waals surface area contributed by atoms with Crippen molar-refractivity contribution in [3.05, 3.63) is 70.2 Å². The zero-order chi connectivity index (χ0) is 22.3. The van der Waals surface area contributed by atoms with Gasteiger partial charge in [-0.1, -0.05) is 12.1 Å². The van der Waals surface area contributed by atoms with E-state index in [0.29, 0.717) is 18.9 Å². The molecule has 3 aromatic rings. The summed E-state index contributed by atoms with van der Waals surface area (Å²) >= 11 is 1.64. The van der Waals surface area contributed by atoms with Crippen molar-refractivity contribution in [1.82, 2.24) is 19.6 Å². The lowest BCUT2D eigenvalue weighted by Gasteiger charge is -2.32. The molecule has 4 rings (SSSR count). The maximum atomic E-state index is 12.6. The summed E-state index contributed by atoms with van der Waals surface area (Å²) in [5.41, 5.74) is 3.55. The first kappa shape index (κ1) is 22.6. The highest BCUT2D eigenvalue weighted by atomic mass is 32.1. The molecule has 6 nitrogen and oxygen atoms in total. The van der Waals surface area contributed by atoms with Gasteiger partial charge in [-0.15, -0.1) is 0 Å². The maximum absolute atomic E-state index is 12.6. The van der Waals surface area contributed by atoms with Crippen LogP contribution in [0.4, 0.5) is 0 Å². The number of aryl methyl sites for hydroxylation is 1. The van der Waals surface area contributed by atoms with E-state index in [1.165, 1.54) is 11.1 Å². The van der Waals surface area contributed by atoms with Crippen molar-refractivity contribution >= 4 is 17.2 Å². The standard InChI is InChI=1S/C25H32N4O2S/c1-27(15-23-13-26-28(2)16-23)14-20-5-3-7-24(11-20)31-18-22-6-4-9-29(17-22)25(30)12-21-8-10-32-19-21/h3,5,7-8,10-11,13,16,19,22H,4,6,9,12,14-15,17-18H2,1-2H3/t22-/m0/s1. The average Bonchev–Trinajstić information content (AvgIpc) is 3.44. The summed E-state index contributed by atoms with van der Waals surface area (Å²) in [4.78, 5) is 16.9. The highest BCUT2D eigenvalue weighted by molar-refractivity contribution is 7.08. The Bertz CT molecular complexity index is 1000. The van der Waals surface area contributed by atoms with Gasteiger partial charge in [-0.3, -0.25) is 14.4 Å². The molecule has 0 saturated carbocycles. The topological polar surface area (TPSA) is 50.6 Å². The maximum Gasteiger partial charge on any atom is 0.227 e. The van der Waals surface area contributed by atoms with Crippen molar-refractivity contribution in [2.24, 2.45) is 13.0 Å². The van der Waals surface area contributed by atoms with Crippen LogP contribution in [0.15, 0.2) is 53.5 Å². The summed E-state index contributed by atoms with van der Waals surface area (Å²) < 4.78 is 7.99. The zero-order valence-electron chi connectivity index (χ0n) is 18.9. The van der Waals surface area contributed by atoms with Gasteiger partial charge in [0.2, 0.25) is 5.91 Å². The Hall–Kier alpha value is -2.64. The van der Waals surface area contributed by atoms with Gasteiger partial charge in [0.05, 0.1) is 19.2 Å². The summed E-state index contributed by atoms with van der Waals surface area (Å²) in [6, 6.07) is 10.4. The second kappa shape index (κ2) is 10.8. The largest absolute Gasteiger partial charge is 0.493 e. The van der Waals surface area contributed by atoms with E-state index >= 15 is 0 Å². The highest BCUT2D eigenvalue weighted by Crippen LogP contribution is 2.21. The van der Waals surface area contributed by atoms with Crippen LogP contribution in [0.5, 0.6) is 5.75 Å². The van der Waals surface area contributed by atoms with Gasteiger partial charge in [0.1, 0.15) is 5.75 Å². The predicted octanol–water partition coefficient (Wildman–Crippen LogP) is 3.97. The number of piperidine rings is 1. The van der Waals surface area contributed by atoms with Crippen LogP contribution in [0, 0.1) is 5.92 Å². The number of carbonyl (C=O) groups is 1. The van der Waals surface area contributed by atoms with Crippen molar-refractivity contribution in [3.63, 3.8) is 0 Å². The van der Waals surface area contributed by atoms with Gasteiger partial charge in [0, 0.05) is 50.9 Å². The number of hydrogen-bond acceptors (Lipinski definition) is 5. The fourth-order valence-corrected chi connectivity index (χ4v) is 4.96. The van der Waals surface area contributed by atoms with Crippen molar-refractivity contribution in [3.8, 4) is 5.75 Å². The molecule has 0 bridgehead atoms. The SMILES string of the molecule is CN(Cc1cccc(OC[C@H]2CCCN(C(=O)Cc3ccsc3)C2)c1)Cc1cnn(C)c1. The molecule has 1 fully saturated rings. The smallest absolute Gasteiger partial charge is 0.227 e. The zero-order valence-corrected chi connectivity index (χ0v) is 19.8. The number of amides is 1. The van der Waals surface area contributed by atoms with Crippen molar-refractivity contribution in [2.45, 2.75) is 32.4 Å². The molecule has 1 aromatic carbocycles. The third kappa shape index (κ3) is 6.43. The van der Waals surface area contributed by atoms with Gasteiger partial charge in [-0.2, -0.15) is 16.4 Å². The summed E-state index contributed by atoms with van der Waals surface area (Å²) in [6.45, 7) is 4.00. The van der Waals surface area contributed by atoms with E-state index in [-0.39, 0.29) is 5.91 Å². The molecular weight excluding hydrogens is 420 g/mol. The molecule has 0 spiro atoms. The second-order valence-corrected chi connectivity index (χ2v) is 9.59. The molecule has 1 amide bonds. The molecule has 1 atom stereocenters. The molecule has 3 heterocycles. The van der Waals surface area contributed by atoms with Crippen LogP contribution in [0.25, 0.3) is 0 Å². The number of benzene rings is 1. The van der Waals surface area contributed by atoms with Gasteiger partial charge < -0.3 is 9.64 Å². The number of likely N-dealkylation sites (tertiary alicyclic amines) is 1. The molecule has 1 saturated heterocycles. The van der Waals surface area contributed by atoms with Crippen LogP contribution in [-0.4, -0.2) is 52.2 Å². The van der Waals surface area contributed by atoms with Gasteiger partial charge in [-0.05, 0) is 60.0 Å². The van der Waals surface area contributed by atoms with Gasteiger partial charge >= 0.3 is 0 Å². The van der Waals surface area contributed by atoms with E-state index in [4.69, 9.17) is 4.74 Å². The lowest BCUT2D eigenvalue weighted by Crippen LogP contribution is -2.42. The summed E-state index contributed by atoms with van der Waals surface area (Å²) in [7, 11) is 4.06. The fraction of sp³-hybridized carbons (Fsp3) is 0.440. The molecule has 1 aliphatic rings. The molecule has 1 aliphatic heterocycles. The third-order valence-corrected chi connectivity index (χ3v) is 6.59. The van der Waals surface area contributed by atoms with Crippen LogP contribution >= 0.6 is 11.3 Å². The van der Waals surface area contributed by atoms with E-state index < -0.39 is 0 Å². The molecule has 0 aliphatic carbocycles. The Morgan fingerprint density at radius 2 is 2.12 bits per heavy atom.